The second kappa shape index (κ2) is 20.7. The van der Waals surface area contributed by atoms with Gasteiger partial charge in [-0.1, -0.05) is 107 Å². The van der Waals surface area contributed by atoms with Crippen molar-refractivity contribution in [2.45, 2.75) is 158 Å². The lowest BCUT2D eigenvalue weighted by Gasteiger charge is -2.56. The van der Waals surface area contributed by atoms with E-state index in [-0.39, 0.29) is 30.4 Å². The molecule has 5 atom stereocenters. The molecule has 0 saturated carbocycles. The van der Waals surface area contributed by atoms with Gasteiger partial charge >= 0.3 is 18.1 Å². The number of halogens is 3. The Hall–Kier alpha value is -4.16. The van der Waals surface area contributed by atoms with Crippen LogP contribution in [0.2, 0.25) is 0 Å². The molecule has 6 rings (SSSR count). The number of allylic oxidation sites excluding steroid dienone is 2. The summed E-state index contributed by atoms with van der Waals surface area (Å²) in [5.41, 5.74) is 0.329. The third kappa shape index (κ3) is 10.5. The number of likely N-dealkylation sites (N-methyl/N-ethyl adjacent to an activating group) is 1. The number of carbonyl (C=O) groups excluding carboxylic acids is 3. The van der Waals surface area contributed by atoms with Crippen molar-refractivity contribution in [1.29, 1.82) is 0 Å². The minimum Gasteiger partial charge on any atom is -0.504 e. The largest absolute Gasteiger partial charge is 0.504 e. The number of carbonyl (C=O) groups is 3. The predicted octanol–water partition coefficient (Wildman–Crippen LogP) is 9.67. The summed E-state index contributed by atoms with van der Waals surface area (Å²) in [5, 5.41) is 23.5. The molecule has 1 saturated heterocycles. The fourth-order valence-corrected chi connectivity index (χ4v) is 9.27. The van der Waals surface area contributed by atoms with Gasteiger partial charge in [0.2, 0.25) is 12.4 Å². The lowest BCUT2D eigenvalue weighted by atomic mass is 9.52. The van der Waals surface area contributed by atoms with E-state index in [1.807, 2.05) is 19.2 Å². The number of ether oxygens (including phenoxy) is 3. The Morgan fingerprint density at radius 3 is 2.26 bits per heavy atom. The van der Waals surface area contributed by atoms with E-state index in [1.54, 1.807) is 36.4 Å². The maximum absolute atomic E-state index is 14.0. The van der Waals surface area contributed by atoms with Gasteiger partial charge in [-0.25, -0.2) is 4.79 Å². The van der Waals surface area contributed by atoms with E-state index in [4.69, 9.17) is 19.0 Å². The zero-order valence-electron chi connectivity index (χ0n) is 33.9. The van der Waals surface area contributed by atoms with Gasteiger partial charge in [-0.3, -0.25) is 9.59 Å². The number of phenols is 1. The molecule has 2 aliphatic heterocycles. The van der Waals surface area contributed by atoms with Crippen molar-refractivity contribution in [3.05, 3.63) is 83.1 Å². The third-order valence-electron chi connectivity index (χ3n) is 12.1. The smallest absolute Gasteiger partial charge is 0.446 e. The molecule has 12 heteroatoms. The Bertz CT molecular complexity index is 1750. The predicted molar refractivity (Wildman–Crippen MR) is 214 cm³/mol. The zero-order valence-corrected chi connectivity index (χ0v) is 33.9. The fourth-order valence-electron chi connectivity index (χ4n) is 9.27. The number of aliphatic hydroxyl groups is 1. The van der Waals surface area contributed by atoms with Crippen LogP contribution in [-0.4, -0.2) is 70.9 Å². The fraction of sp³-hybridized carbons (Fsp3) is 0.587. The molecule has 1 spiro atoms. The SMILES string of the molecule is CCCCCCCC/C=C/CCCCCCCC(=O)O[C@H](C(=O)OC1=CC[C@@]2(O)[C@H]3Cc4ccc(O)c5c4[C@@]2(CCCN3C)[C@H]1O5)c1ccccc1.O=CC(F)(F)F. The summed E-state index contributed by atoms with van der Waals surface area (Å²) in [7, 11) is 2.05. The molecule has 0 unspecified atom stereocenters. The molecule has 2 aliphatic carbocycles. The molecule has 2 heterocycles. The summed E-state index contributed by atoms with van der Waals surface area (Å²) in [6.07, 6.45) is 16.4. The summed E-state index contributed by atoms with van der Waals surface area (Å²) >= 11 is 0. The summed E-state index contributed by atoms with van der Waals surface area (Å²) in [5.74, 6) is -0.484. The number of alkyl halides is 3. The van der Waals surface area contributed by atoms with Gasteiger partial charge in [0.15, 0.2) is 17.6 Å². The van der Waals surface area contributed by atoms with E-state index >= 15 is 0 Å². The van der Waals surface area contributed by atoms with Crippen LogP contribution in [0.1, 0.15) is 139 Å². The van der Waals surface area contributed by atoms with Gasteiger partial charge in [-0.15, -0.1) is 0 Å². The average molecular weight is 812 g/mol. The van der Waals surface area contributed by atoms with Crippen LogP contribution in [-0.2, 0) is 35.7 Å². The quantitative estimate of drug-likeness (QED) is 0.0618. The minimum absolute atomic E-state index is 0.0123. The number of aromatic hydroxyl groups is 1. The van der Waals surface area contributed by atoms with E-state index in [1.165, 1.54) is 44.9 Å². The van der Waals surface area contributed by atoms with Gasteiger partial charge in [0.05, 0.1) is 11.0 Å². The number of nitrogens with zero attached hydrogens (tertiary/aromatic N) is 1. The lowest BCUT2D eigenvalue weighted by Crippen LogP contribution is -2.69. The molecular formula is C46H60F3NO8. The molecule has 0 amide bonds. The Morgan fingerprint density at radius 2 is 1.60 bits per heavy atom. The zero-order chi connectivity index (χ0) is 41.8. The first-order valence-electron chi connectivity index (χ1n) is 21.1. The highest BCUT2D eigenvalue weighted by Gasteiger charge is 2.71. The van der Waals surface area contributed by atoms with Gasteiger partial charge in [0.1, 0.15) is 5.76 Å². The van der Waals surface area contributed by atoms with Crippen molar-refractivity contribution in [2.24, 2.45) is 0 Å². The number of hydrogen-bond donors (Lipinski definition) is 2. The van der Waals surface area contributed by atoms with Crippen molar-refractivity contribution < 1.29 is 52.0 Å². The number of phenolic OH excluding ortho intramolecular Hbond substituents is 1. The molecule has 58 heavy (non-hydrogen) atoms. The molecule has 318 valence electrons. The first-order valence-corrected chi connectivity index (χ1v) is 21.1. The monoisotopic (exact) mass is 811 g/mol. The lowest BCUT2D eigenvalue weighted by molar-refractivity contribution is -0.169. The van der Waals surface area contributed by atoms with Crippen LogP contribution in [0.15, 0.2) is 66.5 Å². The number of hydrogen-bond acceptors (Lipinski definition) is 9. The van der Waals surface area contributed by atoms with Crippen LogP contribution >= 0.6 is 0 Å². The van der Waals surface area contributed by atoms with Gasteiger partial charge in [-0.2, -0.15) is 13.2 Å². The van der Waals surface area contributed by atoms with E-state index in [9.17, 15) is 33.0 Å². The Morgan fingerprint density at radius 1 is 0.966 bits per heavy atom. The van der Waals surface area contributed by atoms with Crippen LogP contribution in [0.4, 0.5) is 13.2 Å². The number of unbranched alkanes of at least 4 members (excludes halogenated alkanes) is 11. The van der Waals surface area contributed by atoms with E-state index in [0.717, 1.165) is 56.2 Å². The molecule has 2 N–H and O–H groups in total. The summed E-state index contributed by atoms with van der Waals surface area (Å²) in [6.45, 7) is 3.07. The van der Waals surface area contributed by atoms with Crippen molar-refractivity contribution in [3.63, 3.8) is 0 Å². The molecular weight excluding hydrogens is 751 g/mol. The Balaban J connectivity index is 0.000000992. The highest BCUT2D eigenvalue weighted by molar-refractivity contribution is 5.82. The van der Waals surface area contributed by atoms with Crippen molar-refractivity contribution in [2.75, 3.05) is 13.6 Å². The van der Waals surface area contributed by atoms with Gasteiger partial charge < -0.3 is 29.3 Å². The molecule has 9 nitrogen and oxygen atoms in total. The Labute approximate surface area is 340 Å². The first-order chi connectivity index (χ1) is 27.9. The van der Waals surface area contributed by atoms with Gasteiger partial charge in [-0.05, 0) is 82.7 Å². The van der Waals surface area contributed by atoms with Gasteiger partial charge in [0, 0.05) is 30.0 Å². The highest BCUT2D eigenvalue weighted by atomic mass is 19.4. The van der Waals surface area contributed by atoms with Crippen LogP contribution in [0, 0.1) is 0 Å². The first kappa shape index (κ1) is 44.9. The molecule has 2 bridgehead atoms. The highest BCUT2D eigenvalue weighted by Crippen LogP contribution is 2.65. The van der Waals surface area contributed by atoms with Crippen LogP contribution in [0.5, 0.6) is 11.5 Å². The number of esters is 2. The summed E-state index contributed by atoms with van der Waals surface area (Å²) in [6, 6.07) is 12.4. The minimum atomic E-state index is -4.64. The molecule has 0 aromatic heterocycles. The Kier molecular flexibility index (Phi) is 16.0. The number of aldehydes is 1. The topological polar surface area (TPSA) is 123 Å². The van der Waals surface area contributed by atoms with E-state index in [0.29, 0.717) is 30.6 Å². The van der Waals surface area contributed by atoms with Crippen LogP contribution in [0.25, 0.3) is 0 Å². The molecule has 2 aromatic carbocycles. The third-order valence-corrected chi connectivity index (χ3v) is 12.1. The number of benzene rings is 2. The molecule has 2 aromatic rings. The normalized spacial score (nSPS) is 23.7. The van der Waals surface area contributed by atoms with Crippen LogP contribution < -0.4 is 4.74 Å². The van der Waals surface area contributed by atoms with Crippen molar-refractivity contribution >= 4 is 18.2 Å². The van der Waals surface area contributed by atoms with Crippen LogP contribution in [0.3, 0.4) is 0 Å². The average Bonchev–Trinajstić information content (AvgIpc) is 3.55. The van der Waals surface area contributed by atoms with Crippen molar-refractivity contribution in [1.82, 2.24) is 4.90 Å². The number of rotatable bonds is 19. The number of likely N-dealkylation sites (tertiary alicyclic amines) is 1. The summed E-state index contributed by atoms with van der Waals surface area (Å²) in [4.78, 5) is 38.1. The van der Waals surface area contributed by atoms with E-state index < -0.39 is 47.6 Å². The molecule has 0 radical (unpaired) electrons. The maximum atomic E-state index is 14.0. The van der Waals surface area contributed by atoms with E-state index in [2.05, 4.69) is 24.0 Å². The molecule has 1 fully saturated rings. The second-order valence-corrected chi connectivity index (χ2v) is 16.2. The second-order valence-electron chi connectivity index (χ2n) is 16.2. The van der Waals surface area contributed by atoms with Crippen molar-refractivity contribution in [3.8, 4) is 11.5 Å². The molecule has 4 aliphatic rings. The summed E-state index contributed by atoms with van der Waals surface area (Å²) < 4.78 is 49.7. The van der Waals surface area contributed by atoms with Gasteiger partial charge in [0.25, 0.3) is 0 Å². The standard InChI is InChI=1S/C44H59NO7.C2HF3O/c1-3-4-5-6-7-8-9-10-11-12-13-14-15-16-20-24-37(47)51-39(32-22-18-17-19-23-32)42(48)50-35-27-29-44(49)36-31-33-25-26-34(46)40-38(33)43(44,41(35)52-40)28-21-30-45(36)2;3-2(4,5)1-6/h10-11,17-19,22-23,25-27,36,39,41,46,49H,3-9,12-16,20-21,24,28-31H2,1-2H3;1H/b11-10+;/t36-,39+,41+,43+,44-;/m1./s1. The maximum Gasteiger partial charge on any atom is 0.446 e.